The maximum absolute atomic E-state index is 14.2. The lowest BCUT2D eigenvalue weighted by Gasteiger charge is -2.36. The van der Waals surface area contributed by atoms with Gasteiger partial charge < -0.3 is 29.7 Å². The summed E-state index contributed by atoms with van der Waals surface area (Å²) in [5, 5.41) is 12.9. The van der Waals surface area contributed by atoms with Crippen molar-refractivity contribution in [1.82, 2.24) is 9.80 Å². The third-order valence-corrected chi connectivity index (χ3v) is 7.85. The van der Waals surface area contributed by atoms with E-state index in [1.54, 1.807) is 55.5 Å². The molecule has 0 fully saturated rings. The summed E-state index contributed by atoms with van der Waals surface area (Å²) >= 11 is 0. The average Bonchev–Trinajstić information content (AvgIpc) is 3.01. The van der Waals surface area contributed by atoms with Gasteiger partial charge in [-0.2, -0.15) is 13.2 Å². The standard InChI is InChI=1S/C33H44F3N3O6/c1-22-19-39(23(2)21-40)32(43)27-18-26(37-31(42)25-11-6-5-7-12-25)13-14-28(27)45-24(3)10-8-9-17-44-29(22)20-38(4)30(41)15-16-33(34,35)36/h5-7,11-14,18,22-24,29,40H,8-10,15-17,19-21H2,1-4H3,(H,37,42)/t22-,23-,24-,29+/m1/s1. The third-order valence-electron chi connectivity index (χ3n) is 7.85. The van der Waals surface area contributed by atoms with Crippen LogP contribution in [0.25, 0.3) is 0 Å². The van der Waals surface area contributed by atoms with Gasteiger partial charge >= 0.3 is 6.18 Å². The zero-order valence-electron chi connectivity index (χ0n) is 26.3. The van der Waals surface area contributed by atoms with Gasteiger partial charge in [0.2, 0.25) is 5.91 Å². The summed E-state index contributed by atoms with van der Waals surface area (Å²) < 4.78 is 50.5. The summed E-state index contributed by atoms with van der Waals surface area (Å²) in [5.74, 6) is -1.46. The lowest BCUT2D eigenvalue weighted by Crippen LogP contribution is -2.48. The first kappa shape index (κ1) is 35.8. The molecule has 3 amide bonds. The van der Waals surface area contributed by atoms with E-state index in [-0.39, 0.29) is 43.2 Å². The molecular formula is C33H44F3N3O6. The first-order chi connectivity index (χ1) is 21.3. The van der Waals surface area contributed by atoms with Crippen LogP contribution in [0, 0.1) is 5.92 Å². The number of ether oxygens (including phenoxy) is 2. The van der Waals surface area contributed by atoms with Gasteiger partial charge in [-0.05, 0) is 63.4 Å². The molecule has 248 valence electrons. The van der Waals surface area contributed by atoms with Crippen molar-refractivity contribution in [2.45, 2.75) is 77.3 Å². The Hall–Kier alpha value is -3.64. The van der Waals surface area contributed by atoms with Crippen LogP contribution in [-0.4, -0.2) is 90.4 Å². The lowest BCUT2D eigenvalue weighted by molar-refractivity contribution is -0.149. The molecule has 0 aliphatic carbocycles. The highest BCUT2D eigenvalue weighted by atomic mass is 19.4. The highest BCUT2D eigenvalue weighted by Crippen LogP contribution is 2.29. The van der Waals surface area contributed by atoms with Crippen LogP contribution >= 0.6 is 0 Å². The quantitative estimate of drug-likeness (QED) is 0.395. The number of fused-ring (bicyclic) bond motifs is 1. The van der Waals surface area contributed by atoms with Crippen LogP contribution in [0.2, 0.25) is 0 Å². The second kappa shape index (κ2) is 16.6. The Morgan fingerprint density at radius 1 is 1.13 bits per heavy atom. The summed E-state index contributed by atoms with van der Waals surface area (Å²) in [6, 6.07) is 12.9. The van der Waals surface area contributed by atoms with E-state index in [0.717, 1.165) is 6.42 Å². The molecule has 9 nitrogen and oxygen atoms in total. The Morgan fingerprint density at radius 3 is 2.51 bits per heavy atom. The molecule has 0 saturated carbocycles. The van der Waals surface area contributed by atoms with Gasteiger partial charge in [-0.25, -0.2) is 0 Å². The minimum atomic E-state index is -4.44. The SMILES string of the molecule is C[C@@H]1CCCCO[C@@H](CN(C)C(=O)CCC(F)(F)F)[C@H](C)CN([C@H](C)CO)C(=O)c2cc(NC(=O)c3ccccc3)ccc2O1. The smallest absolute Gasteiger partial charge is 0.389 e. The second-order valence-electron chi connectivity index (χ2n) is 11.7. The van der Waals surface area contributed by atoms with Crippen molar-refractivity contribution in [3.8, 4) is 5.75 Å². The average molecular weight is 636 g/mol. The molecule has 2 N–H and O–H groups in total. The van der Waals surface area contributed by atoms with E-state index >= 15 is 0 Å². The molecule has 0 aromatic heterocycles. The van der Waals surface area contributed by atoms with Crippen molar-refractivity contribution in [2.24, 2.45) is 5.92 Å². The highest BCUT2D eigenvalue weighted by molar-refractivity contribution is 6.05. The number of aliphatic hydroxyl groups is 1. The number of likely N-dealkylation sites (N-methyl/N-ethyl adjacent to an activating group) is 1. The molecule has 0 saturated heterocycles. The highest BCUT2D eigenvalue weighted by Gasteiger charge is 2.32. The van der Waals surface area contributed by atoms with Gasteiger partial charge in [0, 0.05) is 50.3 Å². The molecule has 1 aliphatic rings. The van der Waals surface area contributed by atoms with E-state index in [1.807, 2.05) is 13.8 Å². The van der Waals surface area contributed by atoms with Gasteiger partial charge in [-0.15, -0.1) is 0 Å². The Balaban J connectivity index is 1.91. The maximum atomic E-state index is 14.2. The van der Waals surface area contributed by atoms with Crippen LogP contribution < -0.4 is 10.1 Å². The number of carbonyl (C=O) groups excluding carboxylic acids is 3. The van der Waals surface area contributed by atoms with Gasteiger partial charge in [0.1, 0.15) is 5.75 Å². The number of halogens is 3. The molecule has 45 heavy (non-hydrogen) atoms. The van der Waals surface area contributed by atoms with Crippen LogP contribution in [0.3, 0.4) is 0 Å². The number of carbonyl (C=O) groups is 3. The number of hydrogen-bond donors (Lipinski definition) is 2. The molecule has 0 unspecified atom stereocenters. The molecule has 1 aliphatic heterocycles. The fourth-order valence-electron chi connectivity index (χ4n) is 5.07. The lowest BCUT2D eigenvalue weighted by atomic mass is 10.0. The molecule has 0 bridgehead atoms. The Bertz CT molecular complexity index is 1280. The Morgan fingerprint density at radius 2 is 1.84 bits per heavy atom. The van der Waals surface area contributed by atoms with E-state index in [2.05, 4.69) is 5.32 Å². The third kappa shape index (κ3) is 11.0. The Kier molecular flexibility index (Phi) is 13.2. The van der Waals surface area contributed by atoms with E-state index in [4.69, 9.17) is 9.47 Å². The van der Waals surface area contributed by atoms with Crippen LogP contribution in [0.1, 0.15) is 73.6 Å². The molecule has 0 radical (unpaired) electrons. The zero-order valence-corrected chi connectivity index (χ0v) is 26.3. The number of rotatable bonds is 8. The number of aliphatic hydroxyl groups excluding tert-OH is 1. The Labute approximate surface area is 262 Å². The van der Waals surface area contributed by atoms with Crippen LogP contribution in [-0.2, 0) is 9.53 Å². The molecule has 3 rings (SSSR count). The molecule has 4 atom stereocenters. The van der Waals surface area contributed by atoms with Crippen molar-refractivity contribution in [3.05, 3.63) is 59.7 Å². The largest absolute Gasteiger partial charge is 0.490 e. The zero-order chi connectivity index (χ0) is 33.1. The van der Waals surface area contributed by atoms with E-state index in [1.165, 1.54) is 16.8 Å². The number of hydrogen-bond acceptors (Lipinski definition) is 6. The predicted octanol–water partition coefficient (Wildman–Crippen LogP) is 5.54. The van der Waals surface area contributed by atoms with Crippen molar-refractivity contribution in [1.29, 1.82) is 0 Å². The molecule has 0 spiro atoms. The summed E-state index contributed by atoms with van der Waals surface area (Å²) in [7, 11) is 1.44. The number of amides is 3. The van der Waals surface area contributed by atoms with Crippen LogP contribution in [0.4, 0.5) is 18.9 Å². The molecule has 12 heteroatoms. The van der Waals surface area contributed by atoms with Crippen molar-refractivity contribution >= 4 is 23.4 Å². The van der Waals surface area contributed by atoms with E-state index in [9.17, 15) is 32.7 Å². The topological polar surface area (TPSA) is 108 Å². The fraction of sp³-hybridized carbons (Fsp3) is 0.545. The predicted molar refractivity (Wildman–Crippen MR) is 164 cm³/mol. The number of alkyl halides is 3. The summed E-state index contributed by atoms with van der Waals surface area (Å²) in [5.41, 5.74) is 1.04. The summed E-state index contributed by atoms with van der Waals surface area (Å²) in [6.07, 6.45) is -5.03. The second-order valence-corrected chi connectivity index (χ2v) is 11.7. The monoisotopic (exact) mass is 635 g/mol. The van der Waals surface area contributed by atoms with Gasteiger partial charge in [-0.3, -0.25) is 14.4 Å². The first-order valence-corrected chi connectivity index (χ1v) is 15.3. The first-order valence-electron chi connectivity index (χ1n) is 15.3. The molecule has 2 aromatic rings. The van der Waals surface area contributed by atoms with Crippen molar-refractivity contribution < 1.29 is 42.1 Å². The fourth-order valence-corrected chi connectivity index (χ4v) is 5.07. The minimum Gasteiger partial charge on any atom is -0.490 e. The number of anilines is 1. The van der Waals surface area contributed by atoms with Gasteiger partial charge in [-0.1, -0.05) is 25.1 Å². The summed E-state index contributed by atoms with van der Waals surface area (Å²) in [4.78, 5) is 42.3. The van der Waals surface area contributed by atoms with Gasteiger partial charge in [0.25, 0.3) is 11.8 Å². The molecular weight excluding hydrogens is 591 g/mol. The van der Waals surface area contributed by atoms with Gasteiger partial charge in [0.05, 0.1) is 36.8 Å². The van der Waals surface area contributed by atoms with Crippen molar-refractivity contribution in [2.75, 3.05) is 38.7 Å². The minimum absolute atomic E-state index is 0.0408. The molecule has 2 aromatic carbocycles. The maximum Gasteiger partial charge on any atom is 0.389 e. The normalized spacial score (nSPS) is 20.8. The van der Waals surface area contributed by atoms with Crippen LogP contribution in [0.15, 0.2) is 48.5 Å². The number of nitrogens with one attached hydrogen (secondary N) is 1. The van der Waals surface area contributed by atoms with Crippen molar-refractivity contribution in [3.63, 3.8) is 0 Å². The van der Waals surface area contributed by atoms with Crippen LogP contribution in [0.5, 0.6) is 5.75 Å². The summed E-state index contributed by atoms with van der Waals surface area (Å²) in [6.45, 7) is 5.61. The number of nitrogens with zero attached hydrogens (tertiary/aromatic N) is 2. The van der Waals surface area contributed by atoms with E-state index < -0.39 is 43.0 Å². The number of benzene rings is 2. The van der Waals surface area contributed by atoms with E-state index in [0.29, 0.717) is 36.4 Å². The molecule has 1 heterocycles. The van der Waals surface area contributed by atoms with Gasteiger partial charge in [0.15, 0.2) is 0 Å².